The van der Waals surface area contributed by atoms with Gasteiger partial charge in [-0.1, -0.05) is 39.8 Å². The van der Waals surface area contributed by atoms with Gasteiger partial charge < -0.3 is 20.4 Å². The van der Waals surface area contributed by atoms with Gasteiger partial charge in [-0.3, -0.25) is 0 Å². The van der Waals surface area contributed by atoms with Crippen molar-refractivity contribution in [2.24, 2.45) is 0 Å². The molecule has 2 atom stereocenters. The number of nitrogens with one attached hydrogen (secondary N) is 1. The predicted octanol–water partition coefficient (Wildman–Crippen LogP) is 4.63. The normalized spacial score (nSPS) is 24.7. The molecule has 4 rings (SSSR count). The molecule has 182 valence electrons. The number of hydrogen-bond donors (Lipinski definition) is 3. The van der Waals surface area contributed by atoms with Crippen LogP contribution < -0.4 is 5.32 Å². The standard InChI is InChI=1S/C27H41N3O2S/c1-18(2)28-15-21(31)16-30-12-8-19(9-13-30)25-29-24(17-33-25)20-6-7-22-23(14-20)27(5,32)11-10-26(22,3)4/h6-7,14,17-19,21,28,31-32H,8-13,15-16H2,1-5H3. The van der Waals surface area contributed by atoms with Crippen LogP contribution in [-0.4, -0.2) is 58.4 Å². The van der Waals surface area contributed by atoms with Crippen molar-refractivity contribution >= 4 is 11.3 Å². The molecule has 33 heavy (non-hydrogen) atoms. The second-order valence-corrected chi connectivity index (χ2v) is 12.2. The number of thiazole rings is 1. The number of rotatable bonds is 7. The summed E-state index contributed by atoms with van der Waals surface area (Å²) in [6.45, 7) is 14.1. The molecule has 0 amide bonds. The highest BCUT2D eigenvalue weighted by molar-refractivity contribution is 7.10. The van der Waals surface area contributed by atoms with Gasteiger partial charge in [-0.15, -0.1) is 11.3 Å². The summed E-state index contributed by atoms with van der Waals surface area (Å²) in [6.07, 6.45) is 3.65. The molecule has 1 aromatic heterocycles. The Morgan fingerprint density at radius 1 is 1.15 bits per heavy atom. The lowest BCUT2D eigenvalue weighted by Gasteiger charge is -2.40. The van der Waals surface area contributed by atoms with Crippen LogP contribution in [0.4, 0.5) is 0 Å². The van der Waals surface area contributed by atoms with Gasteiger partial charge in [-0.25, -0.2) is 4.98 Å². The molecule has 1 aliphatic carbocycles. The number of nitrogens with zero attached hydrogens (tertiary/aromatic N) is 2. The van der Waals surface area contributed by atoms with Gasteiger partial charge in [0.05, 0.1) is 22.4 Å². The molecule has 1 aromatic carbocycles. The van der Waals surface area contributed by atoms with Crippen LogP contribution in [-0.2, 0) is 11.0 Å². The third kappa shape index (κ3) is 5.68. The Morgan fingerprint density at radius 3 is 2.58 bits per heavy atom. The Balaban J connectivity index is 1.40. The van der Waals surface area contributed by atoms with Gasteiger partial charge in [0.2, 0.25) is 0 Å². The minimum atomic E-state index is -0.776. The summed E-state index contributed by atoms with van der Waals surface area (Å²) < 4.78 is 0. The maximum absolute atomic E-state index is 11.0. The van der Waals surface area contributed by atoms with Crippen molar-refractivity contribution in [1.29, 1.82) is 0 Å². The summed E-state index contributed by atoms with van der Waals surface area (Å²) in [5.74, 6) is 0.491. The van der Waals surface area contributed by atoms with Crippen LogP contribution in [0, 0.1) is 0 Å². The Kier molecular flexibility index (Phi) is 7.32. The highest BCUT2D eigenvalue weighted by Crippen LogP contribution is 2.46. The Bertz CT molecular complexity index is 945. The number of aliphatic hydroxyl groups excluding tert-OH is 1. The lowest BCUT2D eigenvalue weighted by molar-refractivity contribution is 0.0278. The number of β-amino-alcohol motifs (C(OH)–C–C–N with tert-alkyl or cyclic N) is 1. The van der Waals surface area contributed by atoms with Gasteiger partial charge in [0.1, 0.15) is 0 Å². The molecule has 2 aromatic rings. The van der Waals surface area contributed by atoms with E-state index in [1.807, 2.05) is 6.92 Å². The molecule has 2 aliphatic rings. The van der Waals surface area contributed by atoms with Gasteiger partial charge in [0.15, 0.2) is 0 Å². The fourth-order valence-electron chi connectivity index (χ4n) is 5.27. The topological polar surface area (TPSA) is 68.6 Å². The van der Waals surface area contributed by atoms with Crippen LogP contribution in [0.15, 0.2) is 23.6 Å². The van der Waals surface area contributed by atoms with E-state index in [9.17, 15) is 10.2 Å². The second kappa shape index (κ2) is 9.74. The number of likely N-dealkylation sites (tertiary alicyclic amines) is 1. The number of aromatic nitrogens is 1. The van der Waals surface area contributed by atoms with Crippen LogP contribution in [0.5, 0.6) is 0 Å². The predicted molar refractivity (Wildman–Crippen MR) is 137 cm³/mol. The number of benzene rings is 1. The zero-order valence-electron chi connectivity index (χ0n) is 20.9. The lowest BCUT2D eigenvalue weighted by Crippen LogP contribution is -2.43. The maximum Gasteiger partial charge on any atom is 0.0964 e. The smallest absolute Gasteiger partial charge is 0.0964 e. The van der Waals surface area contributed by atoms with Gasteiger partial charge in [0.25, 0.3) is 0 Å². The Morgan fingerprint density at radius 2 is 1.88 bits per heavy atom. The van der Waals surface area contributed by atoms with Gasteiger partial charge >= 0.3 is 0 Å². The van der Waals surface area contributed by atoms with E-state index < -0.39 is 5.60 Å². The maximum atomic E-state index is 11.0. The molecule has 0 bridgehead atoms. The summed E-state index contributed by atoms with van der Waals surface area (Å²) in [7, 11) is 0. The number of piperidine rings is 1. The quantitative estimate of drug-likeness (QED) is 0.549. The molecule has 0 spiro atoms. The summed E-state index contributed by atoms with van der Waals surface area (Å²) in [6, 6.07) is 6.95. The first kappa shape index (κ1) is 24.8. The van der Waals surface area contributed by atoms with E-state index in [2.05, 4.69) is 61.5 Å². The first-order valence-electron chi connectivity index (χ1n) is 12.5. The van der Waals surface area contributed by atoms with E-state index in [0.29, 0.717) is 18.5 Å². The average Bonchev–Trinajstić information content (AvgIpc) is 3.26. The first-order valence-corrected chi connectivity index (χ1v) is 13.4. The zero-order chi connectivity index (χ0) is 23.8. The van der Waals surface area contributed by atoms with Crippen molar-refractivity contribution in [2.45, 2.75) is 89.4 Å². The Labute approximate surface area is 203 Å². The third-order valence-electron chi connectivity index (χ3n) is 7.55. The van der Waals surface area contributed by atoms with Crippen molar-refractivity contribution in [3.8, 4) is 11.3 Å². The molecular weight excluding hydrogens is 430 g/mol. The van der Waals surface area contributed by atoms with E-state index in [4.69, 9.17) is 4.98 Å². The second-order valence-electron chi connectivity index (χ2n) is 11.3. The van der Waals surface area contributed by atoms with E-state index in [1.165, 1.54) is 10.6 Å². The molecule has 1 fully saturated rings. The minimum absolute atomic E-state index is 0.0930. The highest BCUT2D eigenvalue weighted by atomic mass is 32.1. The van der Waals surface area contributed by atoms with E-state index in [-0.39, 0.29) is 11.5 Å². The van der Waals surface area contributed by atoms with Gasteiger partial charge in [-0.2, -0.15) is 0 Å². The summed E-state index contributed by atoms with van der Waals surface area (Å²) in [5.41, 5.74) is 3.76. The van der Waals surface area contributed by atoms with Crippen molar-refractivity contribution in [2.75, 3.05) is 26.2 Å². The van der Waals surface area contributed by atoms with Crippen molar-refractivity contribution < 1.29 is 10.2 Å². The van der Waals surface area contributed by atoms with Crippen LogP contribution in [0.1, 0.15) is 82.4 Å². The lowest BCUT2D eigenvalue weighted by atomic mass is 9.67. The van der Waals surface area contributed by atoms with Crippen molar-refractivity contribution in [3.05, 3.63) is 39.7 Å². The minimum Gasteiger partial charge on any atom is -0.390 e. The highest BCUT2D eigenvalue weighted by Gasteiger charge is 2.38. The van der Waals surface area contributed by atoms with Crippen molar-refractivity contribution in [3.63, 3.8) is 0 Å². The van der Waals surface area contributed by atoms with Crippen LogP contribution in [0.3, 0.4) is 0 Å². The SMILES string of the molecule is CC(C)NCC(O)CN1CCC(c2nc(-c3ccc4c(c3)C(C)(O)CCC4(C)C)cs2)CC1. The van der Waals surface area contributed by atoms with Crippen LogP contribution in [0.2, 0.25) is 0 Å². The van der Waals surface area contributed by atoms with Crippen LogP contribution >= 0.6 is 11.3 Å². The molecule has 0 radical (unpaired) electrons. The first-order chi connectivity index (χ1) is 15.5. The molecule has 0 saturated carbocycles. The molecule has 3 N–H and O–H groups in total. The zero-order valence-corrected chi connectivity index (χ0v) is 21.7. The summed E-state index contributed by atoms with van der Waals surface area (Å²) in [4.78, 5) is 7.41. The fourth-order valence-corrected chi connectivity index (χ4v) is 6.27. The number of aliphatic hydroxyl groups is 2. The number of fused-ring (bicyclic) bond motifs is 1. The molecule has 1 saturated heterocycles. The molecule has 6 heteroatoms. The van der Waals surface area contributed by atoms with E-state index in [1.54, 1.807) is 11.3 Å². The largest absolute Gasteiger partial charge is 0.390 e. The number of hydrogen-bond acceptors (Lipinski definition) is 6. The van der Waals surface area contributed by atoms with Gasteiger partial charge in [0, 0.05) is 36.0 Å². The van der Waals surface area contributed by atoms with E-state index in [0.717, 1.165) is 62.1 Å². The fraction of sp³-hybridized carbons (Fsp3) is 0.667. The molecule has 2 unspecified atom stereocenters. The summed E-state index contributed by atoms with van der Waals surface area (Å²) >= 11 is 1.76. The Hall–Kier alpha value is -1.31. The van der Waals surface area contributed by atoms with Crippen molar-refractivity contribution in [1.82, 2.24) is 15.2 Å². The third-order valence-corrected chi connectivity index (χ3v) is 8.56. The molecule has 5 nitrogen and oxygen atoms in total. The summed E-state index contributed by atoms with van der Waals surface area (Å²) in [5, 5.41) is 28.0. The molecule has 1 aliphatic heterocycles. The monoisotopic (exact) mass is 471 g/mol. The molecular formula is C27H41N3O2S. The average molecular weight is 472 g/mol. The van der Waals surface area contributed by atoms with E-state index >= 15 is 0 Å². The van der Waals surface area contributed by atoms with Crippen LogP contribution in [0.25, 0.3) is 11.3 Å². The molecule has 2 heterocycles. The van der Waals surface area contributed by atoms with Gasteiger partial charge in [-0.05, 0) is 68.3 Å².